The smallest absolute Gasteiger partial charge is 0.126 e. The van der Waals surface area contributed by atoms with E-state index in [9.17, 15) is 4.39 Å². The molecule has 0 atom stereocenters. The standard InChI is InChI=1S/C15H16FN/c1-15(2,3)12-10-11(7-8-13(12)16)14-6-4-5-9-17-14/h4-10H,1-3H3. The van der Waals surface area contributed by atoms with Crippen molar-refractivity contribution in [1.29, 1.82) is 0 Å². The highest BCUT2D eigenvalue weighted by atomic mass is 19.1. The van der Waals surface area contributed by atoms with Crippen molar-refractivity contribution in [2.45, 2.75) is 26.2 Å². The molecule has 0 N–H and O–H groups in total. The van der Waals surface area contributed by atoms with E-state index in [0.29, 0.717) is 0 Å². The van der Waals surface area contributed by atoms with Crippen LogP contribution in [0.15, 0.2) is 42.6 Å². The van der Waals surface area contributed by atoms with Crippen LogP contribution in [0, 0.1) is 5.82 Å². The summed E-state index contributed by atoms with van der Waals surface area (Å²) in [4.78, 5) is 4.28. The Kier molecular flexibility index (Phi) is 2.97. The Balaban J connectivity index is 2.53. The average Bonchev–Trinajstić information content (AvgIpc) is 2.29. The number of benzene rings is 1. The van der Waals surface area contributed by atoms with Gasteiger partial charge in [0.1, 0.15) is 5.82 Å². The lowest BCUT2D eigenvalue weighted by Gasteiger charge is -2.20. The van der Waals surface area contributed by atoms with Gasteiger partial charge < -0.3 is 0 Å². The van der Waals surface area contributed by atoms with Crippen molar-refractivity contribution >= 4 is 0 Å². The number of hydrogen-bond acceptors (Lipinski definition) is 1. The summed E-state index contributed by atoms with van der Waals surface area (Å²) in [6.45, 7) is 6.02. The fraction of sp³-hybridized carbons (Fsp3) is 0.267. The molecule has 0 amide bonds. The van der Waals surface area contributed by atoms with Crippen LogP contribution in [0.2, 0.25) is 0 Å². The molecule has 2 aromatic rings. The molecule has 1 aromatic heterocycles. The first-order valence-corrected chi connectivity index (χ1v) is 5.70. The molecular weight excluding hydrogens is 213 g/mol. The SMILES string of the molecule is CC(C)(C)c1cc(-c2ccccn2)ccc1F. The molecule has 1 aromatic carbocycles. The Morgan fingerprint density at radius 3 is 2.41 bits per heavy atom. The van der Waals surface area contributed by atoms with Crippen molar-refractivity contribution in [1.82, 2.24) is 4.98 Å². The number of hydrogen-bond donors (Lipinski definition) is 0. The predicted octanol–water partition coefficient (Wildman–Crippen LogP) is 4.19. The van der Waals surface area contributed by atoms with Gasteiger partial charge in [-0.25, -0.2) is 4.39 Å². The zero-order chi connectivity index (χ0) is 12.5. The minimum absolute atomic E-state index is 0.155. The Labute approximate surface area is 101 Å². The fourth-order valence-corrected chi connectivity index (χ4v) is 1.79. The summed E-state index contributed by atoms with van der Waals surface area (Å²) in [6, 6.07) is 10.9. The first-order chi connectivity index (χ1) is 7.98. The maximum Gasteiger partial charge on any atom is 0.126 e. The highest BCUT2D eigenvalue weighted by Gasteiger charge is 2.19. The molecule has 0 aliphatic rings. The van der Waals surface area contributed by atoms with Gasteiger partial charge in [0.15, 0.2) is 0 Å². The van der Waals surface area contributed by atoms with Crippen molar-refractivity contribution in [2.24, 2.45) is 0 Å². The van der Waals surface area contributed by atoms with Crippen LogP contribution in [0.5, 0.6) is 0 Å². The van der Waals surface area contributed by atoms with Gasteiger partial charge in [0.25, 0.3) is 0 Å². The minimum atomic E-state index is -0.200. The molecule has 0 saturated heterocycles. The van der Waals surface area contributed by atoms with Gasteiger partial charge >= 0.3 is 0 Å². The van der Waals surface area contributed by atoms with E-state index in [1.807, 2.05) is 45.0 Å². The van der Waals surface area contributed by atoms with Gasteiger partial charge in [0, 0.05) is 11.8 Å². The Bertz CT molecular complexity index is 512. The van der Waals surface area contributed by atoms with Crippen LogP contribution in [0.25, 0.3) is 11.3 Å². The molecule has 1 nitrogen and oxygen atoms in total. The van der Waals surface area contributed by atoms with Crippen molar-refractivity contribution in [3.05, 3.63) is 54.0 Å². The van der Waals surface area contributed by atoms with Crippen LogP contribution in [-0.4, -0.2) is 4.98 Å². The summed E-state index contributed by atoms with van der Waals surface area (Å²) in [6.07, 6.45) is 1.75. The molecule has 0 unspecified atom stereocenters. The maximum atomic E-state index is 13.8. The zero-order valence-corrected chi connectivity index (χ0v) is 10.4. The topological polar surface area (TPSA) is 12.9 Å². The summed E-state index contributed by atoms with van der Waals surface area (Å²) in [5, 5.41) is 0. The molecule has 0 aliphatic heterocycles. The third kappa shape index (κ3) is 2.52. The molecular formula is C15H16FN. The number of halogens is 1. The lowest BCUT2D eigenvalue weighted by Crippen LogP contribution is -2.13. The molecule has 0 fully saturated rings. The Hall–Kier alpha value is -1.70. The summed E-state index contributed by atoms with van der Waals surface area (Å²) in [5.41, 5.74) is 2.35. The van der Waals surface area contributed by atoms with E-state index in [1.165, 1.54) is 6.07 Å². The molecule has 17 heavy (non-hydrogen) atoms. The van der Waals surface area contributed by atoms with E-state index in [0.717, 1.165) is 16.8 Å². The molecule has 0 saturated carbocycles. The molecule has 0 bridgehead atoms. The van der Waals surface area contributed by atoms with E-state index in [2.05, 4.69) is 4.98 Å². The highest BCUT2D eigenvalue weighted by Crippen LogP contribution is 2.29. The van der Waals surface area contributed by atoms with Crippen LogP contribution in [-0.2, 0) is 5.41 Å². The van der Waals surface area contributed by atoms with Gasteiger partial charge in [0.2, 0.25) is 0 Å². The second-order valence-corrected chi connectivity index (χ2v) is 5.16. The van der Waals surface area contributed by atoms with Crippen molar-refractivity contribution in [3.8, 4) is 11.3 Å². The van der Waals surface area contributed by atoms with Gasteiger partial charge in [0.05, 0.1) is 5.69 Å². The third-order valence-electron chi connectivity index (χ3n) is 2.74. The summed E-state index contributed by atoms with van der Waals surface area (Å²) in [5.74, 6) is -0.155. The number of nitrogens with zero attached hydrogens (tertiary/aromatic N) is 1. The lowest BCUT2D eigenvalue weighted by atomic mass is 9.85. The van der Waals surface area contributed by atoms with Crippen LogP contribution < -0.4 is 0 Å². The Morgan fingerprint density at radius 2 is 1.82 bits per heavy atom. The van der Waals surface area contributed by atoms with Crippen LogP contribution in [0.3, 0.4) is 0 Å². The van der Waals surface area contributed by atoms with Crippen molar-refractivity contribution in [3.63, 3.8) is 0 Å². The van der Waals surface area contributed by atoms with Crippen LogP contribution >= 0.6 is 0 Å². The normalized spacial score (nSPS) is 11.5. The molecule has 0 radical (unpaired) electrons. The molecule has 88 valence electrons. The molecule has 0 aliphatic carbocycles. The van der Waals surface area contributed by atoms with E-state index < -0.39 is 0 Å². The molecule has 2 heteroatoms. The van der Waals surface area contributed by atoms with E-state index in [-0.39, 0.29) is 11.2 Å². The maximum absolute atomic E-state index is 13.8. The first-order valence-electron chi connectivity index (χ1n) is 5.70. The zero-order valence-electron chi connectivity index (χ0n) is 10.4. The largest absolute Gasteiger partial charge is 0.256 e. The average molecular weight is 229 g/mol. The van der Waals surface area contributed by atoms with Gasteiger partial charge in [-0.05, 0) is 41.3 Å². The fourth-order valence-electron chi connectivity index (χ4n) is 1.79. The first kappa shape index (κ1) is 11.8. The van der Waals surface area contributed by atoms with Gasteiger partial charge in [-0.15, -0.1) is 0 Å². The van der Waals surface area contributed by atoms with E-state index in [1.54, 1.807) is 12.3 Å². The molecule has 2 rings (SSSR count). The molecule has 1 heterocycles. The van der Waals surface area contributed by atoms with Crippen LogP contribution in [0.1, 0.15) is 26.3 Å². The number of pyridine rings is 1. The molecule has 0 spiro atoms. The monoisotopic (exact) mass is 229 g/mol. The van der Waals surface area contributed by atoms with Gasteiger partial charge in [-0.2, -0.15) is 0 Å². The van der Waals surface area contributed by atoms with E-state index >= 15 is 0 Å². The van der Waals surface area contributed by atoms with Gasteiger partial charge in [-0.1, -0.05) is 26.8 Å². The quantitative estimate of drug-likeness (QED) is 0.714. The lowest BCUT2D eigenvalue weighted by molar-refractivity contribution is 0.523. The highest BCUT2D eigenvalue weighted by molar-refractivity contribution is 5.60. The summed E-state index contributed by atoms with van der Waals surface area (Å²) in [7, 11) is 0. The van der Waals surface area contributed by atoms with E-state index in [4.69, 9.17) is 0 Å². The second kappa shape index (κ2) is 4.28. The predicted molar refractivity (Wildman–Crippen MR) is 68.3 cm³/mol. The number of rotatable bonds is 1. The Morgan fingerprint density at radius 1 is 1.06 bits per heavy atom. The van der Waals surface area contributed by atoms with Crippen molar-refractivity contribution in [2.75, 3.05) is 0 Å². The summed E-state index contributed by atoms with van der Waals surface area (Å²) >= 11 is 0. The third-order valence-corrected chi connectivity index (χ3v) is 2.74. The summed E-state index contributed by atoms with van der Waals surface area (Å²) < 4.78 is 13.8. The number of aromatic nitrogens is 1. The second-order valence-electron chi connectivity index (χ2n) is 5.16. The van der Waals surface area contributed by atoms with Crippen molar-refractivity contribution < 1.29 is 4.39 Å². The minimum Gasteiger partial charge on any atom is -0.256 e. The van der Waals surface area contributed by atoms with Gasteiger partial charge in [-0.3, -0.25) is 4.98 Å². The van der Waals surface area contributed by atoms with Crippen LogP contribution in [0.4, 0.5) is 4.39 Å².